The van der Waals surface area contributed by atoms with Crippen molar-refractivity contribution in [3.8, 4) is 0 Å². The first kappa shape index (κ1) is 11.2. The summed E-state index contributed by atoms with van der Waals surface area (Å²) < 4.78 is 5.62. The number of nitrogens with zero attached hydrogens (tertiary/aromatic N) is 1. The molecule has 4 heteroatoms. The van der Waals surface area contributed by atoms with Gasteiger partial charge in [0.05, 0.1) is 5.69 Å². The summed E-state index contributed by atoms with van der Waals surface area (Å²) in [5, 5.41) is 6.76. The van der Waals surface area contributed by atoms with Gasteiger partial charge in [-0.05, 0) is 44.8 Å². The van der Waals surface area contributed by atoms with Crippen molar-refractivity contribution >= 4 is 0 Å². The number of hydrogen-bond acceptors (Lipinski definition) is 4. The molecule has 0 radical (unpaired) electrons. The summed E-state index contributed by atoms with van der Waals surface area (Å²) in [6.07, 6.45) is 6.58. The molecule has 17 heavy (non-hydrogen) atoms. The zero-order valence-corrected chi connectivity index (χ0v) is 10.2. The van der Waals surface area contributed by atoms with Gasteiger partial charge < -0.3 is 15.1 Å². The van der Waals surface area contributed by atoms with E-state index in [2.05, 4.69) is 15.6 Å². The molecule has 1 unspecified atom stereocenters. The van der Waals surface area contributed by atoms with Gasteiger partial charge in [0.15, 0.2) is 5.89 Å². The van der Waals surface area contributed by atoms with E-state index >= 15 is 0 Å². The Morgan fingerprint density at radius 1 is 1.18 bits per heavy atom. The monoisotopic (exact) mass is 235 g/mol. The lowest BCUT2D eigenvalue weighted by atomic mass is 9.95. The molecule has 0 saturated carbocycles. The van der Waals surface area contributed by atoms with Gasteiger partial charge in [0.2, 0.25) is 0 Å². The van der Waals surface area contributed by atoms with E-state index in [0.29, 0.717) is 5.92 Å². The normalized spacial score (nSPS) is 26.5. The molecule has 3 heterocycles. The van der Waals surface area contributed by atoms with Crippen LogP contribution in [0, 0.1) is 5.92 Å². The van der Waals surface area contributed by atoms with Crippen LogP contribution in [0.1, 0.15) is 36.8 Å². The largest absolute Gasteiger partial charge is 0.449 e. The average molecular weight is 235 g/mol. The van der Waals surface area contributed by atoms with Crippen molar-refractivity contribution in [3.63, 3.8) is 0 Å². The third-order valence-electron chi connectivity index (χ3n) is 3.97. The molecule has 94 valence electrons. The summed E-state index contributed by atoms with van der Waals surface area (Å²) in [5.41, 5.74) is 1.15. The maximum atomic E-state index is 5.62. The van der Waals surface area contributed by atoms with Crippen molar-refractivity contribution in [1.29, 1.82) is 0 Å². The SMILES string of the molecule is c1oc(CC2CCNCC2)nc1C1CCNC1. The van der Waals surface area contributed by atoms with Crippen molar-refractivity contribution in [3.05, 3.63) is 17.8 Å². The molecule has 2 aliphatic rings. The van der Waals surface area contributed by atoms with Crippen molar-refractivity contribution in [2.24, 2.45) is 5.92 Å². The Morgan fingerprint density at radius 3 is 2.76 bits per heavy atom. The van der Waals surface area contributed by atoms with Crippen LogP contribution >= 0.6 is 0 Å². The van der Waals surface area contributed by atoms with Crippen LogP contribution in [-0.2, 0) is 6.42 Å². The fourth-order valence-electron chi connectivity index (χ4n) is 2.85. The van der Waals surface area contributed by atoms with Crippen molar-refractivity contribution < 1.29 is 4.42 Å². The number of hydrogen-bond donors (Lipinski definition) is 2. The third kappa shape index (κ3) is 2.69. The van der Waals surface area contributed by atoms with Gasteiger partial charge in [0.25, 0.3) is 0 Å². The Hall–Kier alpha value is -0.870. The topological polar surface area (TPSA) is 50.1 Å². The summed E-state index contributed by atoms with van der Waals surface area (Å²) in [6, 6.07) is 0. The molecular formula is C13H21N3O. The molecular weight excluding hydrogens is 214 g/mol. The zero-order valence-electron chi connectivity index (χ0n) is 10.2. The highest BCUT2D eigenvalue weighted by atomic mass is 16.3. The van der Waals surface area contributed by atoms with Crippen molar-refractivity contribution in [2.45, 2.75) is 31.6 Å². The Balaban J connectivity index is 1.59. The van der Waals surface area contributed by atoms with Crippen LogP contribution in [-0.4, -0.2) is 31.2 Å². The average Bonchev–Trinajstić information content (AvgIpc) is 3.00. The van der Waals surface area contributed by atoms with E-state index < -0.39 is 0 Å². The van der Waals surface area contributed by atoms with Crippen LogP contribution in [0.4, 0.5) is 0 Å². The summed E-state index contributed by atoms with van der Waals surface area (Å²) in [7, 11) is 0. The second-order valence-electron chi connectivity index (χ2n) is 5.25. The van der Waals surface area contributed by atoms with Crippen LogP contribution in [0.5, 0.6) is 0 Å². The van der Waals surface area contributed by atoms with Crippen LogP contribution in [0.15, 0.2) is 10.7 Å². The van der Waals surface area contributed by atoms with Gasteiger partial charge in [-0.15, -0.1) is 0 Å². The first-order chi connectivity index (χ1) is 8.42. The maximum Gasteiger partial charge on any atom is 0.194 e. The predicted molar refractivity (Wildman–Crippen MR) is 66.0 cm³/mol. The van der Waals surface area contributed by atoms with Crippen LogP contribution < -0.4 is 10.6 Å². The molecule has 2 saturated heterocycles. The van der Waals surface area contributed by atoms with Crippen LogP contribution in [0.25, 0.3) is 0 Å². The molecule has 1 aromatic rings. The van der Waals surface area contributed by atoms with Gasteiger partial charge in [0, 0.05) is 18.9 Å². The maximum absolute atomic E-state index is 5.62. The van der Waals surface area contributed by atoms with Gasteiger partial charge in [0.1, 0.15) is 6.26 Å². The highest BCUT2D eigenvalue weighted by Crippen LogP contribution is 2.23. The van der Waals surface area contributed by atoms with Gasteiger partial charge in [-0.3, -0.25) is 0 Å². The van der Waals surface area contributed by atoms with Crippen LogP contribution in [0.2, 0.25) is 0 Å². The molecule has 1 atom stereocenters. The molecule has 0 bridgehead atoms. The van der Waals surface area contributed by atoms with E-state index in [1.54, 1.807) is 0 Å². The zero-order chi connectivity index (χ0) is 11.5. The van der Waals surface area contributed by atoms with Crippen LogP contribution in [0.3, 0.4) is 0 Å². The minimum atomic E-state index is 0.570. The first-order valence-corrected chi connectivity index (χ1v) is 6.77. The highest BCUT2D eigenvalue weighted by Gasteiger charge is 2.21. The molecule has 1 aromatic heterocycles. The molecule has 3 rings (SSSR count). The number of piperidine rings is 1. The first-order valence-electron chi connectivity index (χ1n) is 6.77. The van der Waals surface area contributed by atoms with Gasteiger partial charge >= 0.3 is 0 Å². The predicted octanol–water partition coefficient (Wildman–Crippen LogP) is 1.29. The Kier molecular flexibility index (Phi) is 3.43. The van der Waals surface area contributed by atoms with Crippen molar-refractivity contribution in [2.75, 3.05) is 26.2 Å². The second kappa shape index (κ2) is 5.19. The molecule has 0 aromatic carbocycles. The van der Waals surface area contributed by atoms with E-state index in [4.69, 9.17) is 4.42 Å². The number of nitrogens with one attached hydrogen (secondary N) is 2. The minimum Gasteiger partial charge on any atom is -0.449 e. The fraction of sp³-hybridized carbons (Fsp3) is 0.769. The van der Waals surface area contributed by atoms with E-state index in [0.717, 1.165) is 50.1 Å². The molecule has 0 aliphatic carbocycles. The fourth-order valence-corrected chi connectivity index (χ4v) is 2.85. The summed E-state index contributed by atoms with van der Waals surface area (Å²) in [5.74, 6) is 2.27. The lowest BCUT2D eigenvalue weighted by Gasteiger charge is -2.20. The quantitative estimate of drug-likeness (QED) is 0.829. The Bertz CT molecular complexity index is 351. The highest BCUT2D eigenvalue weighted by molar-refractivity contribution is 5.07. The second-order valence-corrected chi connectivity index (χ2v) is 5.25. The summed E-state index contributed by atoms with van der Waals surface area (Å²) in [4.78, 5) is 4.66. The minimum absolute atomic E-state index is 0.570. The molecule has 0 spiro atoms. The molecule has 4 nitrogen and oxygen atoms in total. The summed E-state index contributed by atoms with van der Waals surface area (Å²) in [6.45, 7) is 4.45. The van der Waals surface area contributed by atoms with Gasteiger partial charge in [-0.25, -0.2) is 4.98 Å². The smallest absolute Gasteiger partial charge is 0.194 e. The standard InChI is InChI=1S/C13H21N3O/c1-4-14-5-2-10(1)7-13-16-12(9-17-13)11-3-6-15-8-11/h9-11,14-15H,1-8H2. The van der Waals surface area contributed by atoms with Crippen molar-refractivity contribution in [1.82, 2.24) is 15.6 Å². The molecule has 2 fully saturated rings. The number of oxazole rings is 1. The van der Waals surface area contributed by atoms with E-state index in [-0.39, 0.29) is 0 Å². The lowest BCUT2D eigenvalue weighted by Crippen LogP contribution is -2.28. The third-order valence-corrected chi connectivity index (χ3v) is 3.97. The van der Waals surface area contributed by atoms with E-state index in [1.165, 1.54) is 19.3 Å². The Morgan fingerprint density at radius 2 is 2.00 bits per heavy atom. The Labute approximate surface area is 102 Å². The number of aromatic nitrogens is 1. The van der Waals surface area contributed by atoms with E-state index in [1.807, 2.05) is 6.26 Å². The molecule has 2 N–H and O–H groups in total. The van der Waals surface area contributed by atoms with Gasteiger partial charge in [-0.2, -0.15) is 0 Å². The summed E-state index contributed by atoms with van der Waals surface area (Å²) >= 11 is 0. The molecule has 2 aliphatic heterocycles. The lowest BCUT2D eigenvalue weighted by molar-refractivity contribution is 0.341. The van der Waals surface area contributed by atoms with E-state index in [9.17, 15) is 0 Å². The number of rotatable bonds is 3. The van der Waals surface area contributed by atoms with Gasteiger partial charge in [-0.1, -0.05) is 0 Å². The molecule has 0 amide bonds.